The van der Waals surface area contributed by atoms with Gasteiger partial charge in [-0.25, -0.2) is 0 Å². The first-order valence-corrected chi connectivity index (χ1v) is 4.12. The molecule has 11 heavy (non-hydrogen) atoms. The fraction of sp³-hybridized carbons (Fsp3) is 0.273. The summed E-state index contributed by atoms with van der Waals surface area (Å²) in [5.74, 6) is 0. The Bertz CT molecular complexity index is 170. The van der Waals surface area contributed by atoms with Gasteiger partial charge in [0.15, 0.2) is 0 Å². The van der Waals surface area contributed by atoms with Gasteiger partial charge in [0.1, 0.15) is 0 Å². The molecule has 0 bridgehead atoms. The van der Waals surface area contributed by atoms with Crippen LogP contribution in [0, 0.1) is 0 Å². The van der Waals surface area contributed by atoms with Crippen LogP contribution >= 0.6 is 0 Å². The molecular formula is C11H14. The lowest BCUT2D eigenvalue weighted by molar-refractivity contribution is 1.29. The molecule has 0 saturated heterocycles. The summed E-state index contributed by atoms with van der Waals surface area (Å²) in [6.45, 7) is 0. The maximum Gasteiger partial charge on any atom is -0.0166 e. The van der Waals surface area contributed by atoms with E-state index in [9.17, 15) is 0 Å². The summed E-state index contributed by atoms with van der Waals surface area (Å²) in [5.41, 5.74) is 0. The molecule has 0 aromatic carbocycles. The van der Waals surface area contributed by atoms with Crippen LogP contribution in [0.5, 0.6) is 0 Å². The van der Waals surface area contributed by atoms with Crippen molar-refractivity contribution < 1.29 is 0 Å². The van der Waals surface area contributed by atoms with Crippen molar-refractivity contribution in [1.82, 2.24) is 0 Å². The highest BCUT2D eigenvalue weighted by Gasteiger charge is 1.75. The Morgan fingerprint density at radius 3 is 1.27 bits per heavy atom. The van der Waals surface area contributed by atoms with E-state index in [0.29, 0.717) is 0 Å². The third kappa shape index (κ3) is 4.38. The molecule has 1 aliphatic carbocycles. The molecule has 58 valence electrons. The highest BCUT2D eigenvalue weighted by molar-refractivity contribution is 5.08. The third-order valence-electron chi connectivity index (χ3n) is 1.53. The molecule has 0 aliphatic heterocycles. The molecule has 0 fully saturated rings. The van der Waals surface area contributed by atoms with Gasteiger partial charge in [0.05, 0.1) is 0 Å². The van der Waals surface area contributed by atoms with E-state index in [-0.39, 0.29) is 0 Å². The van der Waals surface area contributed by atoms with E-state index in [1.807, 2.05) is 0 Å². The monoisotopic (exact) mass is 146 g/mol. The maximum absolute atomic E-state index is 2.20. The van der Waals surface area contributed by atoms with E-state index >= 15 is 0 Å². The van der Waals surface area contributed by atoms with Crippen molar-refractivity contribution in [3.8, 4) is 0 Å². The fourth-order valence-electron chi connectivity index (χ4n) is 0.935. The predicted molar refractivity (Wildman–Crippen MR) is 50.4 cm³/mol. The first-order chi connectivity index (χ1) is 5.50. The van der Waals surface area contributed by atoms with Gasteiger partial charge in [-0.1, -0.05) is 48.6 Å². The maximum atomic E-state index is 2.20. The normalized spacial score (nSPS) is 29.8. The second kappa shape index (κ2) is 5.72. The van der Waals surface area contributed by atoms with Gasteiger partial charge >= 0.3 is 0 Å². The lowest BCUT2D eigenvalue weighted by Gasteiger charge is -1.80. The smallest absolute Gasteiger partial charge is 0.0166 e. The molecule has 0 aromatic heterocycles. The summed E-state index contributed by atoms with van der Waals surface area (Å²) >= 11 is 0. The summed E-state index contributed by atoms with van der Waals surface area (Å²) < 4.78 is 0. The Hall–Kier alpha value is -1.04. The average molecular weight is 146 g/mol. The van der Waals surface area contributed by atoms with Crippen LogP contribution in [0.4, 0.5) is 0 Å². The molecule has 0 amide bonds. The Kier molecular flexibility index (Phi) is 4.19. The minimum atomic E-state index is 1.05. The van der Waals surface area contributed by atoms with Gasteiger partial charge in [0.25, 0.3) is 0 Å². The standard InChI is InChI=1S/C11H14/c1-2-4-6-8-10-11-9-7-5-3-1/h1-4,7-10H,5-6,11H2/b3-1-,4-2-,9-7-,10-8+. The SMILES string of the molecule is C1=C\C/C=C\C/C=C/C\C=C/1. The average Bonchev–Trinajstić information content (AvgIpc) is 2.08. The van der Waals surface area contributed by atoms with E-state index in [2.05, 4.69) is 48.6 Å². The minimum absolute atomic E-state index is 1.05. The van der Waals surface area contributed by atoms with Gasteiger partial charge in [0, 0.05) is 0 Å². The van der Waals surface area contributed by atoms with Gasteiger partial charge in [-0.15, -0.1) is 0 Å². The van der Waals surface area contributed by atoms with Crippen LogP contribution in [0.15, 0.2) is 48.6 Å². The van der Waals surface area contributed by atoms with Gasteiger partial charge in [-0.2, -0.15) is 0 Å². The van der Waals surface area contributed by atoms with Gasteiger partial charge in [0.2, 0.25) is 0 Å². The van der Waals surface area contributed by atoms with Crippen LogP contribution in [0.25, 0.3) is 0 Å². The fourth-order valence-corrected chi connectivity index (χ4v) is 0.935. The molecule has 0 atom stereocenters. The summed E-state index contributed by atoms with van der Waals surface area (Å²) in [6, 6.07) is 0. The summed E-state index contributed by atoms with van der Waals surface area (Å²) in [7, 11) is 0. The molecule has 0 unspecified atom stereocenters. The van der Waals surface area contributed by atoms with E-state index in [4.69, 9.17) is 0 Å². The number of rotatable bonds is 0. The minimum Gasteiger partial charge on any atom is -0.0844 e. The zero-order valence-corrected chi connectivity index (χ0v) is 6.74. The molecule has 0 nitrogen and oxygen atoms in total. The van der Waals surface area contributed by atoms with Crippen molar-refractivity contribution in [1.29, 1.82) is 0 Å². The van der Waals surface area contributed by atoms with Crippen LogP contribution in [-0.2, 0) is 0 Å². The van der Waals surface area contributed by atoms with Gasteiger partial charge in [-0.3, -0.25) is 0 Å². The highest BCUT2D eigenvalue weighted by atomic mass is 13.8. The summed E-state index contributed by atoms with van der Waals surface area (Å²) in [6.07, 6.45) is 20.5. The lowest BCUT2D eigenvalue weighted by atomic mass is 10.3. The van der Waals surface area contributed by atoms with Crippen LogP contribution in [0.2, 0.25) is 0 Å². The van der Waals surface area contributed by atoms with Crippen molar-refractivity contribution in [2.75, 3.05) is 0 Å². The van der Waals surface area contributed by atoms with Crippen LogP contribution < -0.4 is 0 Å². The molecule has 0 aromatic rings. The number of allylic oxidation sites excluding steroid dienone is 8. The van der Waals surface area contributed by atoms with Crippen molar-refractivity contribution >= 4 is 0 Å². The predicted octanol–water partition coefficient (Wildman–Crippen LogP) is 3.40. The zero-order chi connectivity index (χ0) is 7.78. The molecule has 0 spiro atoms. The first-order valence-electron chi connectivity index (χ1n) is 4.12. The third-order valence-corrected chi connectivity index (χ3v) is 1.53. The van der Waals surface area contributed by atoms with E-state index in [1.165, 1.54) is 0 Å². The summed E-state index contributed by atoms with van der Waals surface area (Å²) in [4.78, 5) is 0. The molecule has 0 radical (unpaired) electrons. The van der Waals surface area contributed by atoms with Crippen molar-refractivity contribution in [2.24, 2.45) is 0 Å². The molecule has 0 N–H and O–H groups in total. The van der Waals surface area contributed by atoms with E-state index < -0.39 is 0 Å². The number of hydrogen-bond acceptors (Lipinski definition) is 0. The van der Waals surface area contributed by atoms with Crippen molar-refractivity contribution in [3.63, 3.8) is 0 Å². The largest absolute Gasteiger partial charge is 0.0844 e. The van der Waals surface area contributed by atoms with Gasteiger partial charge in [-0.05, 0) is 19.3 Å². The zero-order valence-electron chi connectivity index (χ0n) is 6.74. The molecular weight excluding hydrogens is 132 g/mol. The van der Waals surface area contributed by atoms with E-state index in [1.54, 1.807) is 0 Å². The molecule has 1 rings (SSSR count). The lowest BCUT2D eigenvalue weighted by Crippen LogP contribution is -1.59. The Balaban J connectivity index is 2.47. The topological polar surface area (TPSA) is 0 Å². The summed E-state index contributed by atoms with van der Waals surface area (Å²) in [5, 5.41) is 0. The second-order valence-electron chi connectivity index (χ2n) is 2.51. The Morgan fingerprint density at radius 1 is 0.455 bits per heavy atom. The molecule has 0 saturated carbocycles. The van der Waals surface area contributed by atoms with Crippen molar-refractivity contribution in [2.45, 2.75) is 19.3 Å². The quantitative estimate of drug-likeness (QED) is 0.459. The first kappa shape index (κ1) is 8.06. The number of hydrogen-bond donors (Lipinski definition) is 0. The van der Waals surface area contributed by atoms with Crippen LogP contribution in [0.1, 0.15) is 19.3 Å². The molecule has 0 heterocycles. The van der Waals surface area contributed by atoms with Crippen LogP contribution in [0.3, 0.4) is 0 Å². The van der Waals surface area contributed by atoms with Crippen LogP contribution in [-0.4, -0.2) is 0 Å². The van der Waals surface area contributed by atoms with Crippen molar-refractivity contribution in [3.05, 3.63) is 48.6 Å². The molecule has 1 aliphatic rings. The Morgan fingerprint density at radius 2 is 0.818 bits per heavy atom. The second-order valence-corrected chi connectivity index (χ2v) is 2.51. The van der Waals surface area contributed by atoms with E-state index in [0.717, 1.165) is 19.3 Å². The Labute approximate surface area is 68.6 Å². The highest BCUT2D eigenvalue weighted by Crippen LogP contribution is 1.96. The van der Waals surface area contributed by atoms with Gasteiger partial charge < -0.3 is 0 Å². The molecule has 0 heteroatoms.